The van der Waals surface area contributed by atoms with Crippen molar-refractivity contribution in [3.05, 3.63) is 12.7 Å². The van der Waals surface area contributed by atoms with E-state index in [1.807, 2.05) is 0 Å². The summed E-state index contributed by atoms with van der Waals surface area (Å²) in [6, 6.07) is 0. The molecular formula is C25H44N7O16P3. The molecule has 1 saturated heterocycles. The number of phosphoric ester groups is 3. The van der Waals surface area contributed by atoms with Crippen molar-refractivity contribution in [1.82, 2.24) is 30.2 Å². The average Bonchev–Trinajstić information content (AvgIpc) is 3.57. The van der Waals surface area contributed by atoms with Crippen molar-refractivity contribution < 1.29 is 75.7 Å². The van der Waals surface area contributed by atoms with Crippen molar-refractivity contribution in [2.24, 2.45) is 11.3 Å². The maximum atomic E-state index is 12.6. The number of nitrogen functional groups attached to an aromatic ring is 1. The Morgan fingerprint density at radius 2 is 1.73 bits per heavy atom. The Morgan fingerprint density at radius 1 is 1.06 bits per heavy atom. The number of nitrogens with zero attached hydrogens (tertiary/aromatic N) is 4. The van der Waals surface area contributed by atoms with Gasteiger partial charge in [-0.15, -0.1) is 0 Å². The number of ether oxygens (including phenoxy) is 1. The second-order valence-corrected chi connectivity index (χ2v) is 16.8. The Morgan fingerprint density at radius 3 is 2.37 bits per heavy atom. The highest BCUT2D eigenvalue weighted by Crippen LogP contribution is 2.61. The standard InChI is InChI=1S/C25H44N7O16P3/c1-14(2)6-5-8-27-16(33)7-9-28-23(36)20(35)25(3,4)11-45-51(42,43)48-50(40,41)44-10-15-19(47-49(37,38)39)18(34)24(46-15)32-13-31-17-21(26)29-12-30-22(17)32/h12-15,18-20,24,34-35H,5-11H2,1-4H3,(H,27,33)(H,28,36)(H,40,41)(H,42,43)(H2,26,29,30)(H2,37,38,39). The number of aliphatic hydroxyl groups is 2. The van der Waals surface area contributed by atoms with Gasteiger partial charge >= 0.3 is 23.5 Å². The van der Waals surface area contributed by atoms with Crippen LogP contribution in [0.5, 0.6) is 0 Å². The number of aliphatic hydroxyl groups excluding tert-OH is 2. The fourth-order valence-electron chi connectivity index (χ4n) is 4.68. The van der Waals surface area contributed by atoms with E-state index in [1.54, 1.807) is 0 Å². The molecular weight excluding hydrogens is 747 g/mol. The van der Waals surface area contributed by atoms with Gasteiger partial charge in [-0.25, -0.2) is 28.6 Å². The normalized spacial score (nSPS) is 22.8. The third-order valence-corrected chi connectivity index (χ3v) is 10.5. The number of hydrogen-bond acceptors (Lipinski definition) is 16. The van der Waals surface area contributed by atoms with Crippen LogP contribution < -0.4 is 16.4 Å². The zero-order chi connectivity index (χ0) is 38.4. The molecule has 2 aromatic rings. The molecule has 7 unspecified atom stereocenters. The van der Waals surface area contributed by atoms with Crippen LogP contribution in [0.4, 0.5) is 5.82 Å². The van der Waals surface area contributed by atoms with E-state index in [1.165, 1.54) is 13.8 Å². The topological polar surface area (TPSA) is 347 Å². The summed E-state index contributed by atoms with van der Waals surface area (Å²) in [6.07, 6.45) is -4.95. The summed E-state index contributed by atoms with van der Waals surface area (Å²) in [5.41, 5.74) is 4.32. The molecule has 0 radical (unpaired) electrons. The third kappa shape index (κ3) is 12.9. The highest BCUT2D eigenvalue weighted by Gasteiger charge is 2.50. The summed E-state index contributed by atoms with van der Waals surface area (Å²) in [5.74, 6) is -0.775. The number of nitrogens with two attached hydrogens (primary N) is 1. The monoisotopic (exact) mass is 791 g/mol. The fourth-order valence-corrected chi connectivity index (χ4v) is 7.51. The highest BCUT2D eigenvalue weighted by molar-refractivity contribution is 7.61. The predicted octanol–water partition coefficient (Wildman–Crippen LogP) is -0.159. The molecule has 3 rings (SSSR count). The van der Waals surface area contributed by atoms with E-state index < -0.39 is 78.6 Å². The minimum absolute atomic E-state index is 0.0339. The van der Waals surface area contributed by atoms with Crippen molar-refractivity contribution >= 4 is 52.3 Å². The summed E-state index contributed by atoms with van der Waals surface area (Å²) < 4.78 is 62.0. The van der Waals surface area contributed by atoms with Crippen molar-refractivity contribution in [1.29, 1.82) is 0 Å². The van der Waals surface area contributed by atoms with Crippen LogP contribution in [0.25, 0.3) is 11.2 Å². The molecule has 51 heavy (non-hydrogen) atoms. The SMILES string of the molecule is CC(C)CCCNC(=O)CCNC(=O)C(O)C(C)(C)COP(=O)(O)OP(=O)(O)OCC1OC(n2cnc3c(N)ncnc32)C(O)C1OP(=O)(O)O. The van der Waals surface area contributed by atoms with Crippen LogP contribution in [-0.4, -0.2) is 112 Å². The van der Waals surface area contributed by atoms with Gasteiger partial charge in [0.05, 0.1) is 19.5 Å². The molecule has 26 heteroatoms. The van der Waals surface area contributed by atoms with E-state index >= 15 is 0 Å². The number of carbonyl (C=O) groups excluding carboxylic acids is 2. The Balaban J connectivity index is 1.55. The van der Waals surface area contributed by atoms with E-state index in [-0.39, 0.29) is 35.9 Å². The molecule has 2 amide bonds. The van der Waals surface area contributed by atoms with Crippen molar-refractivity contribution in [3.8, 4) is 0 Å². The molecule has 1 aliphatic rings. The number of anilines is 1. The van der Waals surface area contributed by atoms with Gasteiger partial charge in [-0.3, -0.25) is 27.7 Å². The minimum atomic E-state index is -5.54. The second kappa shape index (κ2) is 17.6. The van der Waals surface area contributed by atoms with Crippen LogP contribution in [0.3, 0.4) is 0 Å². The van der Waals surface area contributed by atoms with Crippen LogP contribution in [0, 0.1) is 11.3 Å². The lowest BCUT2D eigenvalue weighted by atomic mass is 9.87. The first-order chi connectivity index (χ1) is 23.5. The van der Waals surface area contributed by atoms with Gasteiger partial charge in [0.25, 0.3) is 0 Å². The highest BCUT2D eigenvalue weighted by atomic mass is 31.3. The smallest absolute Gasteiger partial charge is 0.386 e. The maximum absolute atomic E-state index is 12.6. The molecule has 3 heterocycles. The summed E-state index contributed by atoms with van der Waals surface area (Å²) in [7, 11) is -16.3. The lowest BCUT2D eigenvalue weighted by Gasteiger charge is -2.30. The van der Waals surface area contributed by atoms with Crippen LogP contribution in [0.2, 0.25) is 0 Å². The van der Waals surface area contributed by atoms with Gasteiger partial charge in [-0.2, -0.15) is 4.31 Å². The Labute approximate surface area is 291 Å². The maximum Gasteiger partial charge on any atom is 0.481 e. The molecule has 290 valence electrons. The third-order valence-electron chi connectivity index (χ3n) is 7.36. The van der Waals surface area contributed by atoms with Crippen molar-refractivity contribution in [2.75, 3.05) is 32.0 Å². The van der Waals surface area contributed by atoms with Gasteiger partial charge in [-0.1, -0.05) is 27.7 Å². The number of carbonyl (C=O) groups is 2. The van der Waals surface area contributed by atoms with Crippen LogP contribution in [0.15, 0.2) is 12.7 Å². The Bertz CT molecular complexity index is 1660. The zero-order valence-electron chi connectivity index (χ0n) is 28.0. The first-order valence-electron chi connectivity index (χ1n) is 15.4. The molecule has 1 fully saturated rings. The molecule has 23 nitrogen and oxygen atoms in total. The van der Waals surface area contributed by atoms with E-state index in [2.05, 4.69) is 48.3 Å². The number of fused-ring (bicyclic) bond motifs is 1. The van der Waals surface area contributed by atoms with E-state index in [0.717, 1.165) is 30.1 Å². The number of phosphoric acid groups is 3. The van der Waals surface area contributed by atoms with Crippen molar-refractivity contribution in [3.63, 3.8) is 0 Å². The van der Waals surface area contributed by atoms with Gasteiger partial charge in [0.2, 0.25) is 11.8 Å². The number of aromatic nitrogens is 4. The number of amides is 2. The lowest BCUT2D eigenvalue weighted by molar-refractivity contribution is -0.137. The molecule has 0 saturated carbocycles. The minimum Gasteiger partial charge on any atom is -0.386 e. The second-order valence-electron chi connectivity index (χ2n) is 12.6. The molecule has 0 aliphatic carbocycles. The van der Waals surface area contributed by atoms with Crippen molar-refractivity contribution in [2.45, 2.75) is 77.6 Å². The Hall–Kier alpha value is -2.46. The number of hydrogen-bond donors (Lipinski definition) is 9. The summed E-state index contributed by atoms with van der Waals surface area (Å²) in [4.78, 5) is 75.2. The molecule has 2 aromatic heterocycles. The Kier molecular flexibility index (Phi) is 14.8. The molecule has 0 aromatic carbocycles. The summed E-state index contributed by atoms with van der Waals surface area (Å²) >= 11 is 0. The fraction of sp³-hybridized carbons (Fsp3) is 0.720. The van der Waals surface area contributed by atoms with Crippen LogP contribution in [-0.2, 0) is 45.9 Å². The van der Waals surface area contributed by atoms with Crippen LogP contribution in [0.1, 0.15) is 53.2 Å². The van der Waals surface area contributed by atoms with Gasteiger partial charge in [0, 0.05) is 24.9 Å². The summed E-state index contributed by atoms with van der Waals surface area (Å²) in [6.45, 7) is 5.07. The molecule has 0 spiro atoms. The molecule has 7 atom stereocenters. The summed E-state index contributed by atoms with van der Waals surface area (Å²) in [5, 5.41) is 26.4. The van der Waals surface area contributed by atoms with Gasteiger partial charge < -0.3 is 50.9 Å². The molecule has 1 aliphatic heterocycles. The van der Waals surface area contributed by atoms with E-state index in [9.17, 15) is 53.1 Å². The molecule has 10 N–H and O–H groups in total. The lowest BCUT2D eigenvalue weighted by Crippen LogP contribution is -2.46. The zero-order valence-corrected chi connectivity index (χ0v) is 30.7. The largest absolute Gasteiger partial charge is 0.481 e. The quantitative estimate of drug-likeness (QED) is 0.0621. The van der Waals surface area contributed by atoms with E-state index in [0.29, 0.717) is 12.5 Å². The number of imidazole rings is 1. The van der Waals surface area contributed by atoms with Crippen LogP contribution >= 0.6 is 23.5 Å². The van der Waals surface area contributed by atoms with Gasteiger partial charge in [-0.05, 0) is 18.8 Å². The number of rotatable bonds is 20. The molecule has 0 bridgehead atoms. The van der Waals surface area contributed by atoms with Gasteiger partial charge in [0.1, 0.15) is 36.3 Å². The first-order valence-corrected chi connectivity index (χ1v) is 19.9. The predicted molar refractivity (Wildman–Crippen MR) is 174 cm³/mol. The first kappa shape index (κ1) is 42.9. The van der Waals surface area contributed by atoms with Gasteiger partial charge in [0.15, 0.2) is 17.7 Å². The average molecular weight is 792 g/mol. The number of nitrogens with one attached hydrogen (secondary N) is 2. The van der Waals surface area contributed by atoms with E-state index in [4.69, 9.17) is 19.5 Å².